The number of aryl methyl sites for hydroxylation is 1. The number of carbonyl (C=O) groups is 2. The van der Waals surface area contributed by atoms with Gasteiger partial charge < -0.3 is 15.0 Å². The van der Waals surface area contributed by atoms with Gasteiger partial charge in [-0.2, -0.15) is 0 Å². The minimum Gasteiger partial charge on any atom is -0.324 e. The Morgan fingerprint density at radius 1 is 1.28 bits per heavy atom. The molecule has 1 N–H and O–H groups in total. The lowest BCUT2D eigenvalue weighted by Gasteiger charge is -2.28. The van der Waals surface area contributed by atoms with Gasteiger partial charge >= 0.3 is 0 Å². The molecule has 0 radical (unpaired) electrons. The van der Waals surface area contributed by atoms with Gasteiger partial charge in [-0.15, -0.1) is 11.3 Å². The maximum absolute atomic E-state index is 12.4. The minimum absolute atomic E-state index is 0.157. The Morgan fingerprint density at radius 3 is 2.79 bits per heavy atom. The highest BCUT2D eigenvalue weighted by Crippen LogP contribution is 2.33. The quantitative estimate of drug-likeness (QED) is 0.653. The molecule has 1 atom stereocenters. The summed E-state index contributed by atoms with van der Waals surface area (Å²) in [5, 5.41) is 5.70. The van der Waals surface area contributed by atoms with E-state index >= 15 is 0 Å². The first kappa shape index (κ1) is 18.9. The third-order valence-corrected chi connectivity index (χ3v) is 5.60. The predicted molar refractivity (Wildman–Crippen MR) is 113 cm³/mol. The van der Waals surface area contributed by atoms with Gasteiger partial charge in [0.1, 0.15) is 18.3 Å². The second kappa shape index (κ2) is 8.32. The van der Waals surface area contributed by atoms with Gasteiger partial charge in [0.25, 0.3) is 5.91 Å². The summed E-state index contributed by atoms with van der Waals surface area (Å²) in [6.45, 7) is 2.55. The van der Waals surface area contributed by atoms with Gasteiger partial charge in [0, 0.05) is 42.1 Å². The summed E-state index contributed by atoms with van der Waals surface area (Å²) in [5.41, 5.74) is 3.61. The Morgan fingerprint density at radius 2 is 2.10 bits per heavy atom. The van der Waals surface area contributed by atoms with Crippen LogP contribution in [0.2, 0.25) is 0 Å². The maximum Gasteiger partial charge on any atom is 0.274 e. The smallest absolute Gasteiger partial charge is 0.274 e. The van der Waals surface area contributed by atoms with E-state index in [9.17, 15) is 9.59 Å². The second-order valence-electron chi connectivity index (χ2n) is 6.71. The van der Waals surface area contributed by atoms with Crippen molar-refractivity contribution in [1.29, 1.82) is 0 Å². The lowest BCUT2D eigenvalue weighted by atomic mass is 9.89. The molecule has 29 heavy (non-hydrogen) atoms. The molecule has 0 fully saturated rings. The molecular formula is C21H19N5O2S. The van der Waals surface area contributed by atoms with E-state index in [4.69, 9.17) is 0 Å². The van der Waals surface area contributed by atoms with Gasteiger partial charge in [0.05, 0.1) is 0 Å². The number of aromatic nitrogens is 3. The van der Waals surface area contributed by atoms with Gasteiger partial charge in [0.15, 0.2) is 5.13 Å². The highest BCUT2D eigenvalue weighted by Gasteiger charge is 2.24. The molecule has 0 aliphatic carbocycles. The van der Waals surface area contributed by atoms with Crippen molar-refractivity contribution < 1.29 is 9.59 Å². The zero-order valence-corrected chi connectivity index (χ0v) is 16.6. The molecule has 4 rings (SSSR count). The fraction of sp³-hybridized carbons (Fsp3) is 0.190. The molecular weight excluding hydrogens is 386 g/mol. The minimum atomic E-state index is -0.282. The molecule has 0 saturated heterocycles. The summed E-state index contributed by atoms with van der Waals surface area (Å²) in [4.78, 5) is 38.4. The second-order valence-corrected chi connectivity index (χ2v) is 7.58. The molecule has 0 saturated carbocycles. The summed E-state index contributed by atoms with van der Waals surface area (Å²) in [7, 11) is 0. The summed E-state index contributed by atoms with van der Waals surface area (Å²) >= 11 is 1.57. The lowest BCUT2D eigenvalue weighted by molar-refractivity contribution is -0.109. The van der Waals surface area contributed by atoms with E-state index in [0.717, 1.165) is 35.5 Å². The monoisotopic (exact) mass is 405 g/mol. The van der Waals surface area contributed by atoms with Gasteiger partial charge in [-0.25, -0.2) is 15.0 Å². The largest absolute Gasteiger partial charge is 0.324 e. The zero-order valence-electron chi connectivity index (χ0n) is 15.8. The molecule has 1 amide bonds. The van der Waals surface area contributed by atoms with Crippen LogP contribution in [0.5, 0.6) is 0 Å². The van der Waals surface area contributed by atoms with Crippen LogP contribution in [0.4, 0.5) is 10.8 Å². The van der Waals surface area contributed by atoms with Crippen molar-refractivity contribution in [3.8, 4) is 0 Å². The fourth-order valence-electron chi connectivity index (χ4n) is 3.27. The molecule has 3 heterocycles. The molecule has 8 heteroatoms. The first-order valence-corrected chi connectivity index (χ1v) is 10.0. The standard InChI is InChI=1S/C21H19N5O2S/c1-14-10-22-13-24-19(14)20(28)25-17-4-2-15(3-5-17)18-11-26(8-6-16(18)12-27)21-23-7-9-29-21/h2-5,7,9-13,16H,6,8H2,1H3,(H,25,28). The summed E-state index contributed by atoms with van der Waals surface area (Å²) < 4.78 is 0. The van der Waals surface area contributed by atoms with E-state index in [1.165, 1.54) is 6.33 Å². The Hall–Kier alpha value is -3.39. The summed E-state index contributed by atoms with van der Waals surface area (Å²) in [5.74, 6) is -0.439. The van der Waals surface area contributed by atoms with Crippen LogP contribution in [0.25, 0.3) is 5.57 Å². The van der Waals surface area contributed by atoms with Crippen LogP contribution in [-0.4, -0.2) is 33.7 Å². The van der Waals surface area contributed by atoms with Crippen LogP contribution in [0.15, 0.2) is 54.6 Å². The van der Waals surface area contributed by atoms with Gasteiger partial charge in [0.2, 0.25) is 0 Å². The molecule has 0 spiro atoms. The molecule has 7 nitrogen and oxygen atoms in total. The highest BCUT2D eigenvalue weighted by molar-refractivity contribution is 7.13. The van der Waals surface area contributed by atoms with Crippen molar-refractivity contribution >= 4 is 39.9 Å². The molecule has 1 aliphatic heterocycles. The van der Waals surface area contributed by atoms with E-state index in [1.54, 1.807) is 30.7 Å². The first-order valence-electron chi connectivity index (χ1n) is 9.17. The van der Waals surface area contributed by atoms with Crippen molar-refractivity contribution in [1.82, 2.24) is 15.0 Å². The highest BCUT2D eigenvalue weighted by atomic mass is 32.1. The van der Waals surface area contributed by atoms with Crippen molar-refractivity contribution in [2.24, 2.45) is 5.92 Å². The lowest BCUT2D eigenvalue weighted by Crippen LogP contribution is -2.27. The zero-order chi connectivity index (χ0) is 20.2. The molecule has 1 aromatic carbocycles. The summed E-state index contributed by atoms with van der Waals surface area (Å²) in [6.07, 6.45) is 8.47. The van der Waals surface area contributed by atoms with E-state index in [-0.39, 0.29) is 11.8 Å². The maximum atomic E-state index is 12.4. The summed E-state index contributed by atoms with van der Waals surface area (Å²) in [6, 6.07) is 7.48. The van der Waals surface area contributed by atoms with Crippen LogP contribution < -0.4 is 10.2 Å². The van der Waals surface area contributed by atoms with E-state index in [1.807, 2.05) is 35.8 Å². The van der Waals surface area contributed by atoms with Crippen LogP contribution in [0.1, 0.15) is 28.0 Å². The number of amides is 1. The van der Waals surface area contributed by atoms with Crippen molar-refractivity contribution in [2.75, 3.05) is 16.8 Å². The SMILES string of the molecule is Cc1cncnc1C(=O)Nc1ccc(C2=CN(c3nccs3)CCC2C=O)cc1. The Bertz CT molecular complexity index is 1050. The average Bonchev–Trinajstić information content (AvgIpc) is 3.29. The van der Waals surface area contributed by atoms with Crippen LogP contribution in [-0.2, 0) is 4.79 Å². The number of carbonyl (C=O) groups excluding carboxylic acids is 2. The Balaban J connectivity index is 1.55. The average molecular weight is 405 g/mol. The molecule has 2 aromatic heterocycles. The molecule has 3 aromatic rings. The number of anilines is 2. The Labute approximate surface area is 172 Å². The van der Waals surface area contributed by atoms with Gasteiger partial charge in [-0.1, -0.05) is 12.1 Å². The number of aldehydes is 1. The predicted octanol–water partition coefficient (Wildman–Crippen LogP) is 3.56. The number of hydrogen-bond donors (Lipinski definition) is 1. The van der Waals surface area contributed by atoms with Gasteiger partial charge in [-0.3, -0.25) is 4.79 Å². The first-order chi connectivity index (χ1) is 14.2. The van der Waals surface area contributed by atoms with E-state index in [2.05, 4.69) is 25.2 Å². The number of rotatable bonds is 5. The van der Waals surface area contributed by atoms with Gasteiger partial charge in [-0.05, 0) is 42.2 Å². The number of thiazole rings is 1. The molecule has 0 bridgehead atoms. The van der Waals surface area contributed by atoms with Crippen molar-refractivity contribution in [3.05, 3.63) is 71.4 Å². The number of hydrogen-bond acceptors (Lipinski definition) is 7. The fourth-order valence-corrected chi connectivity index (χ4v) is 3.92. The van der Waals surface area contributed by atoms with Crippen LogP contribution in [0.3, 0.4) is 0 Å². The molecule has 1 unspecified atom stereocenters. The van der Waals surface area contributed by atoms with Crippen molar-refractivity contribution in [2.45, 2.75) is 13.3 Å². The normalized spacial score (nSPS) is 16.2. The van der Waals surface area contributed by atoms with Crippen LogP contribution >= 0.6 is 11.3 Å². The number of nitrogens with one attached hydrogen (secondary N) is 1. The van der Waals surface area contributed by atoms with Crippen molar-refractivity contribution in [3.63, 3.8) is 0 Å². The third kappa shape index (κ3) is 4.07. The molecule has 146 valence electrons. The Kier molecular flexibility index (Phi) is 5.44. The molecule has 1 aliphatic rings. The number of allylic oxidation sites excluding steroid dienone is 1. The third-order valence-electron chi connectivity index (χ3n) is 4.79. The topological polar surface area (TPSA) is 88.1 Å². The van der Waals surface area contributed by atoms with Crippen LogP contribution in [0, 0.1) is 12.8 Å². The number of benzene rings is 1. The van der Waals surface area contributed by atoms with E-state index < -0.39 is 0 Å². The number of nitrogens with zero attached hydrogens (tertiary/aromatic N) is 4. The van der Waals surface area contributed by atoms with E-state index in [0.29, 0.717) is 16.9 Å².